The number of aliphatic hydroxyl groups is 1. The summed E-state index contributed by atoms with van der Waals surface area (Å²) in [5, 5.41) is 12.0. The third-order valence-corrected chi connectivity index (χ3v) is 4.47. The maximum absolute atomic E-state index is 11.6. The number of carbonyl (C=O) groups is 1. The van der Waals surface area contributed by atoms with Crippen LogP contribution >= 0.6 is 11.8 Å². The fraction of sp³-hybridized carbons (Fsp3) is 0.500. The summed E-state index contributed by atoms with van der Waals surface area (Å²) in [6.07, 6.45) is 5.31. The smallest absolute Gasteiger partial charge is 0.251 e. The fourth-order valence-electron chi connectivity index (χ4n) is 2.16. The molecule has 0 aromatic heterocycles. The average molecular weight is 265 g/mol. The topological polar surface area (TPSA) is 49.3 Å². The first-order valence-electron chi connectivity index (χ1n) is 6.45. The van der Waals surface area contributed by atoms with E-state index < -0.39 is 0 Å². The molecule has 0 aliphatic heterocycles. The summed E-state index contributed by atoms with van der Waals surface area (Å²) in [6, 6.07) is 7.72. The van der Waals surface area contributed by atoms with Gasteiger partial charge in [0.05, 0.1) is 6.61 Å². The van der Waals surface area contributed by atoms with Gasteiger partial charge in [-0.2, -0.15) is 0 Å². The summed E-state index contributed by atoms with van der Waals surface area (Å²) in [5.41, 5.74) is 0.652. The summed E-state index contributed by atoms with van der Waals surface area (Å²) in [7, 11) is 0. The van der Waals surface area contributed by atoms with E-state index in [9.17, 15) is 4.79 Å². The Morgan fingerprint density at radius 3 is 2.56 bits per heavy atom. The molecule has 1 aromatic carbocycles. The van der Waals surface area contributed by atoms with Gasteiger partial charge >= 0.3 is 0 Å². The predicted molar refractivity (Wildman–Crippen MR) is 74.0 cm³/mol. The molecule has 2 N–H and O–H groups in total. The second-order valence-corrected chi connectivity index (χ2v) is 5.90. The second kappa shape index (κ2) is 6.81. The summed E-state index contributed by atoms with van der Waals surface area (Å²) in [5.74, 6) is -0.124. The highest BCUT2D eigenvalue weighted by atomic mass is 32.2. The minimum atomic E-state index is -0.124. The van der Waals surface area contributed by atoms with Gasteiger partial charge in [0.25, 0.3) is 5.91 Å². The van der Waals surface area contributed by atoms with E-state index in [1.54, 1.807) is 0 Å². The second-order valence-electron chi connectivity index (χ2n) is 4.53. The molecule has 2 rings (SSSR count). The van der Waals surface area contributed by atoms with E-state index in [0.29, 0.717) is 12.1 Å². The van der Waals surface area contributed by atoms with E-state index >= 15 is 0 Å². The van der Waals surface area contributed by atoms with E-state index in [2.05, 4.69) is 5.32 Å². The average Bonchev–Trinajstić information content (AvgIpc) is 2.89. The fourth-order valence-corrected chi connectivity index (χ4v) is 3.40. The number of hydrogen-bond acceptors (Lipinski definition) is 3. The Morgan fingerprint density at radius 1 is 1.28 bits per heavy atom. The first-order valence-corrected chi connectivity index (χ1v) is 7.33. The van der Waals surface area contributed by atoms with Gasteiger partial charge in [-0.15, -0.1) is 11.8 Å². The van der Waals surface area contributed by atoms with Crippen molar-refractivity contribution in [3.63, 3.8) is 0 Å². The highest BCUT2D eigenvalue weighted by molar-refractivity contribution is 8.00. The van der Waals surface area contributed by atoms with Crippen LogP contribution in [-0.4, -0.2) is 29.4 Å². The maximum atomic E-state index is 11.6. The summed E-state index contributed by atoms with van der Waals surface area (Å²) in [4.78, 5) is 12.9. The van der Waals surface area contributed by atoms with Crippen molar-refractivity contribution in [3.05, 3.63) is 29.8 Å². The van der Waals surface area contributed by atoms with Crippen molar-refractivity contribution in [2.75, 3.05) is 13.2 Å². The van der Waals surface area contributed by atoms with Crippen molar-refractivity contribution < 1.29 is 9.90 Å². The molecule has 18 heavy (non-hydrogen) atoms. The maximum Gasteiger partial charge on any atom is 0.251 e. The van der Waals surface area contributed by atoms with Crippen LogP contribution in [0.5, 0.6) is 0 Å². The number of rotatable bonds is 5. The number of amides is 1. The van der Waals surface area contributed by atoms with Gasteiger partial charge in [0.1, 0.15) is 0 Å². The lowest BCUT2D eigenvalue weighted by molar-refractivity contribution is 0.0944. The SMILES string of the molecule is O=C(NCCO)c1ccc(SC2CCCC2)cc1. The van der Waals surface area contributed by atoms with Crippen molar-refractivity contribution in [1.82, 2.24) is 5.32 Å². The molecular weight excluding hydrogens is 246 g/mol. The standard InChI is InChI=1S/C14H19NO2S/c16-10-9-15-14(17)11-5-7-13(8-6-11)18-12-3-1-2-4-12/h5-8,12,16H,1-4,9-10H2,(H,15,17). The molecular formula is C14H19NO2S. The number of hydrogen-bond donors (Lipinski definition) is 2. The number of benzene rings is 1. The number of aliphatic hydroxyl groups excluding tert-OH is 1. The van der Waals surface area contributed by atoms with Crippen LogP contribution in [0.15, 0.2) is 29.2 Å². The summed E-state index contributed by atoms with van der Waals surface area (Å²) < 4.78 is 0. The Bertz CT molecular complexity index is 385. The predicted octanol–water partition coefficient (Wildman–Crippen LogP) is 2.44. The Balaban J connectivity index is 1.90. The molecule has 1 fully saturated rings. The Hall–Kier alpha value is -1.00. The molecule has 0 radical (unpaired) electrons. The molecule has 0 bridgehead atoms. The summed E-state index contributed by atoms with van der Waals surface area (Å²) in [6.45, 7) is 0.277. The van der Waals surface area contributed by atoms with Crippen LogP contribution in [0.3, 0.4) is 0 Å². The Labute approximate surface area is 112 Å². The van der Waals surface area contributed by atoms with E-state index in [1.165, 1.54) is 30.6 Å². The van der Waals surface area contributed by atoms with Crippen LogP contribution in [0.1, 0.15) is 36.0 Å². The minimum Gasteiger partial charge on any atom is -0.395 e. The van der Waals surface area contributed by atoms with E-state index in [0.717, 1.165) is 5.25 Å². The van der Waals surface area contributed by atoms with Gasteiger partial charge in [-0.05, 0) is 37.1 Å². The summed E-state index contributed by atoms with van der Waals surface area (Å²) >= 11 is 1.92. The minimum absolute atomic E-state index is 0.0264. The molecule has 0 unspecified atom stereocenters. The van der Waals surface area contributed by atoms with Gasteiger partial charge < -0.3 is 10.4 Å². The van der Waals surface area contributed by atoms with Gasteiger partial charge in [-0.25, -0.2) is 0 Å². The van der Waals surface area contributed by atoms with Crippen LogP contribution in [0.2, 0.25) is 0 Å². The molecule has 1 saturated carbocycles. The van der Waals surface area contributed by atoms with Crippen molar-refractivity contribution >= 4 is 17.7 Å². The lowest BCUT2D eigenvalue weighted by Crippen LogP contribution is -2.26. The largest absolute Gasteiger partial charge is 0.395 e. The molecule has 0 spiro atoms. The quantitative estimate of drug-likeness (QED) is 0.859. The Morgan fingerprint density at radius 2 is 1.94 bits per heavy atom. The van der Waals surface area contributed by atoms with Gasteiger partial charge in [0, 0.05) is 22.3 Å². The van der Waals surface area contributed by atoms with Crippen LogP contribution in [0.25, 0.3) is 0 Å². The molecule has 1 amide bonds. The van der Waals surface area contributed by atoms with E-state index in [1.807, 2.05) is 36.0 Å². The molecule has 4 heteroatoms. The van der Waals surface area contributed by atoms with Crippen molar-refractivity contribution in [2.24, 2.45) is 0 Å². The Kier molecular flexibility index (Phi) is 5.08. The van der Waals surface area contributed by atoms with Gasteiger partial charge in [0.2, 0.25) is 0 Å². The van der Waals surface area contributed by atoms with Crippen LogP contribution in [0, 0.1) is 0 Å². The zero-order chi connectivity index (χ0) is 12.8. The van der Waals surface area contributed by atoms with Crippen molar-refractivity contribution in [2.45, 2.75) is 35.8 Å². The molecule has 1 aliphatic rings. The highest BCUT2D eigenvalue weighted by Gasteiger charge is 2.16. The number of nitrogens with one attached hydrogen (secondary N) is 1. The number of thioether (sulfide) groups is 1. The lowest BCUT2D eigenvalue weighted by Gasteiger charge is -2.09. The molecule has 0 saturated heterocycles. The molecule has 0 heterocycles. The van der Waals surface area contributed by atoms with Gasteiger partial charge in [-0.1, -0.05) is 12.8 Å². The van der Waals surface area contributed by atoms with Crippen LogP contribution < -0.4 is 5.32 Å². The third kappa shape index (κ3) is 3.75. The lowest BCUT2D eigenvalue weighted by atomic mass is 10.2. The molecule has 98 valence electrons. The molecule has 0 atom stereocenters. The first kappa shape index (κ1) is 13.4. The molecule has 3 nitrogen and oxygen atoms in total. The van der Waals surface area contributed by atoms with Gasteiger partial charge in [0.15, 0.2) is 0 Å². The number of carbonyl (C=O) groups excluding carboxylic acids is 1. The molecule has 1 aromatic rings. The third-order valence-electron chi connectivity index (χ3n) is 3.12. The highest BCUT2D eigenvalue weighted by Crippen LogP contribution is 2.34. The normalized spacial score (nSPS) is 15.8. The van der Waals surface area contributed by atoms with Gasteiger partial charge in [-0.3, -0.25) is 4.79 Å². The van der Waals surface area contributed by atoms with Crippen molar-refractivity contribution in [1.29, 1.82) is 0 Å². The zero-order valence-corrected chi connectivity index (χ0v) is 11.2. The van der Waals surface area contributed by atoms with Crippen LogP contribution in [0.4, 0.5) is 0 Å². The van der Waals surface area contributed by atoms with Crippen molar-refractivity contribution in [3.8, 4) is 0 Å². The monoisotopic (exact) mass is 265 g/mol. The van der Waals surface area contributed by atoms with Crippen LogP contribution in [-0.2, 0) is 0 Å². The van der Waals surface area contributed by atoms with E-state index in [-0.39, 0.29) is 12.5 Å². The van der Waals surface area contributed by atoms with E-state index in [4.69, 9.17) is 5.11 Å². The first-order chi connectivity index (χ1) is 8.79. The zero-order valence-electron chi connectivity index (χ0n) is 10.4. The molecule has 1 aliphatic carbocycles.